The van der Waals surface area contributed by atoms with E-state index in [0.717, 1.165) is 0 Å². The zero-order valence-electron chi connectivity index (χ0n) is 11.9. The Kier molecular flexibility index (Phi) is 4.55. The maximum Gasteiger partial charge on any atom is 0.257 e. The van der Waals surface area contributed by atoms with E-state index in [1.54, 1.807) is 12.1 Å². The van der Waals surface area contributed by atoms with E-state index in [9.17, 15) is 4.79 Å². The molecule has 0 radical (unpaired) electrons. The number of anilines is 1. The van der Waals surface area contributed by atoms with Crippen LogP contribution in [0, 0.1) is 0 Å². The highest BCUT2D eigenvalue weighted by molar-refractivity contribution is 6.04. The quantitative estimate of drug-likeness (QED) is 0.903. The Morgan fingerprint density at radius 3 is 2.19 bits per heavy atom. The number of carbonyl (C=O) groups is 1. The van der Waals surface area contributed by atoms with Gasteiger partial charge in [-0.3, -0.25) is 9.78 Å². The molecule has 7 heteroatoms. The van der Waals surface area contributed by atoms with Gasteiger partial charge in [0.1, 0.15) is 0 Å². The van der Waals surface area contributed by atoms with E-state index in [0.29, 0.717) is 28.6 Å². The van der Waals surface area contributed by atoms with Crippen molar-refractivity contribution in [2.45, 2.75) is 0 Å². The van der Waals surface area contributed by atoms with Crippen LogP contribution in [0.5, 0.6) is 17.2 Å². The molecule has 1 aromatic carbocycles. The standard InChI is InChI=1S/C14H15N3O4/c1-19-10-6-9(7-11(20-2)13(10)21-3)14(18)17-12-8-15-4-5-16-12/h4-8H,1-3H3,(H,16,17,18). The molecule has 1 heterocycles. The molecule has 0 atom stereocenters. The number of methoxy groups -OCH3 is 3. The number of benzene rings is 1. The molecule has 0 unspecified atom stereocenters. The Morgan fingerprint density at radius 2 is 1.71 bits per heavy atom. The van der Waals surface area contributed by atoms with E-state index < -0.39 is 0 Å². The summed E-state index contributed by atoms with van der Waals surface area (Å²) in [5.74, 6) is 1.24. The minimum absolute atomic E-state index is 0.352. The van der Waals surface area contributed by atoms with Crippen LogP contribution in [0.3, 0.4) is 0 Å². The first-order valence-corrected chi connectivity index (χ1v) is 6.07. The Morgan fingerprint density at radius 1 is 1.05 bits per heavy atom. The molecule has 0 spiro atoms. The van der Waals surface area contributed by atoms with E-state index in [2.05, 4.69) is 15.3 Å². The van der Waals surface area contributed by atoms with Crippen LogP contribution in [0.4, 0.5) is 5.82 Å². The largest absolute Gasteiger partial charge is 0.493 e. The summed E-state index contributed by atoms with van der Waals surface area (Å²) in [6.45, 7) is 0. The number of aromatic nitrogens is 2. The van der Waals surface area contributed by atoms with Gasteiger partial charge >= 0.3 is 0 Å². The van der Waals surface area contributed by atoms with Gasteiger partial charge < -0.3 is 19.5 Å². The highest BCUT2D eigenvalue weighted by atomic mass is 16.5. The van der Waals surface area contributed by atoms with Gasteiger partial charge in [0.2, 0.25) is 5.75 Å². The number of hydrogen-bond donors (Lipinski definition) is 1. The minimum Gasteiger partial charge on any atom is -0.493 e. The first-order valence-electron chi connectivity index (χ1n) is 6.07. The smallest absolute Gasteiger partial charge is 0.257 e. The summed E-state index contributed by atoms with van der Waals surface area (Å²) >= 11 is 0. The van der Waals surface area contributed by atoms with E-state index in [4.69, 9.17) is 14.2 Å². The fraction of sp³-hybridized carbons (Fsp3) is 0.214. The van der Waals surface area contributed by atoms with E-state index in [-0.39, 0.29) is 5.91 Å². The van der Waals surface area contributed by atoms with Crippen LogP contribution < -0.4 is 19.5 Å². The van der Waals surface area contributed by atoms with Gasteiger partial charge in [0.15, 0.2) is 17.3 Å². The van der Waals surface area contributed by atoms with Crippen molar-refractivity contribution in [2.75, 3.05) is 26.6 Å². The van der Waals surface area contributed by atoms with Gasteiger partial charge in [-0.05, 0) is 12.1 Å². The Bertz CT molecular complexity index is 606. The maximum absolute atomic E-state index is 12.2. The minimum atomic E-state index is -0.352. The first kappa shape index (κ1) is 14.6. The fourth-order valence-corrected chi connectivity index (χ4v) is 1.76. The number of carbonyl (C=O) groups excluding carboxylic acids is 1. The fourth-order valence-electron chi connectivity index (χ4n) is 1.76. The predicted octanol–water partition coefficient (Wildman–Crippen LogP) is 1.75. The molecule has 1 amide bonds. The third kappa shape index (κ3) is 3.19. The average Bonchev–Trinajstić information content (AvgIpc) is 2.54. The molecule has 1 N–H and O–H groups in total. The summed E-state index contributed by atoms with van der Waals surface area (Å²) in [7, 11) is 4.48. The van der Waals surface area contributed by atoms with Gasteiger partial charge in [-0.2, -0.15) is 0 Å². The lowest BCUT2D eigenvalue weighted by Crippen LogP contribution is -2.13. The molecule has 110 valence electrons. The monoisotopic (exact) mass is 289 g/mol. The second kappa shape index (κ2) is 6.56. The zero-order valence-corrected chi connectivity index (χ0v) is 11.9. The van der Waals surface area contributed by atoms with E-state index in [1.165, 1.54) is 39.9 Å². The maximum atomic E-state index is 12.2. The number of hydrogen-bond acceptors (Lipinski definition) is 6. The summed E-state index contributed by atoms with van der Waals surface area (Å²) in [6, 6.07) is 3.13. The number of nitrogens with one attached hydrogen (secondary N) is 1. The SMILES string of the molecule is COc1cc(C(=O)Nc2cnccn2)cc(OC)c1OC. The number of nitrogens with zero attached hydrogens (tertiary/aromatic N) is 2. The first-order chi connectivity index (χ1) is 10.2. The summed E-state index contributed by atoms with van der Waals surface area (Å²) in [5, 5.41) is 2.63. The van der Waals surface area contributed by atoms with Crippen LogP contribution in [0.1, 0.15) is 10.4 Å². The summed E-state index contributed by atoms with van der Waals surface area (Å²) < 4.78 is 15.6. The third-order valence-corrected chi connectivity index (χ3v) is 2.73. The second-order valence-corrected chi connectivity index (χ2v) is 3.96. The van der Waals surface area contributed by atoms with Crippen LogP contribution in [-0.2, 0) is 0 Å². The molecule has 0 saturated carbocycles. The molecule has 0 bridgehead atoms. The topological polar surface area (TPSA) is 82.6 Å². The number of rotatable bonds is 5. The molecule has 0 aliphatic heterocycles. The molecule has 0 fully saturated rings. The molecule has 2 rings (SSSR count). The Labute approximate surface area is 121 Å². The lowest BCUT2D eigenvalue weighted by molar-refractivity contribution is 0.102. The van der Waals surface area contributed by atoms with Crippen molar-refractivity contribution in [1.82, 2.24) is 9.97 Å². The van der Waals surface area contributed by atoms with Gasteiger partial charge in [0.05, 0.1) is 27.5 Å². The Hall–Kier alpha value is -2.83. The van der Waals surface area contributed by atoms with Crippen molar-refractivity contribution < 1.29 is 19.0 Å². The molecular weight excluding hydrogens is 274 g/mol. The lowest BCUT2D eigenvalue weighted by atomic mass is 10.1. The van der Waals surface area contributed by atoms with Gasteiger partial charge in [-0.25, -0.2) is 4.98 Å². The summed E-state index contributed by atoms with van der Waals surface area (Å²) in [5.41, 5.74) is 0.357. The predicted molar refractivity (Wildman–Crippen MR) is 76.1 cm³/mol. The molecule has 1 aromatic heterocycles. The van der Waals surface area contributed by atoms with E-state index in [1.807, 2.05) is 0 Å². The van der Waals surface area contributed by atoms with Gasteiger partial charge in [0.25, 0.3) is 5.91 Å². The summed E-state index contributed by atoms with van der Waals surface area (Å²) in [6.07, 6.45) is 4.47. The van der Waals surface area contributed by atoms with Gasteiger partial charge in [-0.1, -0.05) is 0 Å². The van der Waals surface area contributed by atoms with Crippen LogP contribution in [-0.4, -0.2) is 37.2 Å². The molecule has 0 aliphatic rings. The van der Waals surface area contributed by atoms with Crippen LogP contribution in [0.2, 0.25) is 0 Å². The molecule has 0 aliphatic carbocycles. The van der Waals surface area contributed by atoms with Crippen molar-refractivity contribution in [3.8, 4) is 17.2 Å². The van der Waals surface area contributed by atoms with Crippen LogP contribution in [0.15, 0.2) is 30.7 Å². The Balaban J connectivity index is 2.33. The van der Waals surface area contributed by atoms with Crippen molar-refractivity contribution in [1.29, 1.82) is 0 Å². The zero-order chi connectivity index (χ0) is 15.2. The molecule has 21 heavy (non-hydrogen) atoms. The van der Waals surface area contributed by atoms with E-state index >= 15 is 0 Å². The number of amides is 1. The highest BCUT2D eigenvalue weighted by Crippen LogP contribution is 2.38. The number of ether oxygens (including phenoxy) is 3. The van der Waals surface area contributed by atoms with Crippen molar-refractivity contribution in [3.05, 3.63) is 36.3 Å². The van der Waals surface area contributed by atoms with Gasteiger partial charge in [-0.15, -0.1) is 0 Å². The van der Waals surface area contributed by atoms with Gasteiger partial charge in [0, 0.05) is 18.0 Å². The van der Waals surface area contributed by atoms with Crippen molar-refractivity contribution in [2.24, 2.45) is 0 Å². The van der Waals surface area contributed by atoms with Crippen molar-refractivity contribution in [3.63, 3.8) is 0 Å². The average molecular weight is 289 g/mol. The normalized spacial score (nSPS) is 9.86. The summed E-state index contributed by atoms with van der Waals surface area (Å²) in [4.78, 5) is 20.1. The van der Waals surface area contributed by atoms with Crippen LogP contribution in [0.25, 0.3) is 0 Å². The second-order valence-electron chi connectivity index (χ2n) is 3.96. The molecule has 2 aromatic rings. The highest BCUT2D eigenvalue weighted by Gasteiger charge is 2.17. The molecule has 7 nitrogen and oxygen atoms in total. The van der Waals surface area contributed by atoms with Crippen LogP contribution >= 0.6 is 0 Å². The van der Waals surface area contributed by atoms with Crippen molar-refractivity contribution >= 4 is 11.7 Å². The third-order valence-electron chi connectivity index (χ3n) is 2.73. The lowest BCUT2D eigenvalue weighted by Gasteiger charge is -2.13. The molecular formula is C14H15N3O4. The molecule has 0 saturated heterocycles.